The molecule has 1 aromatic heterocycles. The molecule has 1 atom stereocenters. The Balaban J connectivity index is 2.33. The molecule has 0 radical (unpaired) electrons. The third-order valence-electron chi connectivity index (χ3n) is 3.03. The van der Waals surface area contributed by atoms with Crippen LogP contribution in [0.5, 0.6) is 5.75 Å². The van der Waals surface area contributed by atoms with Gasteiger partial charge in [-0.15, -0.1) is 0 Å². The summed E-state index contributed by atoms with van der Waals surface area (Å²) in [5.74, 6) is 2.58. The first-order chi connectivity index (χ1) is 9.02. The Morgan fingerprint density at radius 3 is 2.53 bits per heavy atom. The highest BCUT2D eigenvalue weighted by molar-refractivity contribution is 9.10. The summed E-state index contributed by atoms with van der Waals surface area (Å²) in [5, 5.41) is 0. The lowest BCUT2D eigenvalue weighted by molar-refractivity contribution is 0.340. The first kappa shape index (κ1) is 14.2. The predicted molar refractivity (Wildman–Crippen MR) is 79.5 cm³/mol. The van der Waals surface area contributed by atoms with E-state index < -0.39 is 0 Å². The number of aryl methyl sites for hydroxylation is 2. The van der Waals surface area contributed by atoms with Gasteiger partial charge in [-0.05, 0) is 44.5 Å². The average molecular weight is 324 g/mol. The van der Waals surface area contributed by atoms with Crippen LogP contribution in [0.15, 0.2) is 33.2 Å². The number of hydrogen-bond donors (Lipinski definition) is 1. The van der Waals surface area contributed by atoms with Gasteiger partial charge in [0.05, 0.1) is 12.6 Å². The van der Waals surface area contributed by atoms with Crippen LogP contribution in [0.1, 0.15) is 35.6 Å². The van der Waals surface area contributed by atoms with Crippen molar-refractivity contribution in [3.05, 3.63) is 51.4 Å². The average Bonchev–Trinajstić information content (AvgIpc) is 2.68. The van der Waals surface area contributed by atoms with Crippen molar-refractivity contribution in [2.24, 2.45) is 5.73 Å². The Morgan fingerprint density at radius 1 is 1.26 bits per heavy atom. The zero-order chi connectivity index (χ0) is 14.0. The van der Waals surface area contributed by atoms with Crippen LogP contribution in [-0.4, -0.2) is 6.61 Å². The second-order valence-corrected chi connectivity index (χ2v) is 5.32. The number of rotatable bonds is 4. The summed E-state index contributed by atoms with van der Waals surface area (Å²) in [6.07, 6.45) is 0. The lowest BCUT2D eigenvalue weighted by Gasteiger charge is -2.14. The smallest absolute Gasteiger partial charge is 0.120 e. The van der Waals surface area contributed by atoms with Crippen molar-refractivity contribution >= 4 is 15.9 Å². The molecule has 0 aliphatic rings. The van der Waals surface area contributed by atoms with Crippen LogP contribution in [0.25, 0.3) is 0 Å². The molecule has 102 valence electrons. The third-order valence-corrected chi connectivity index (χ3v) is 3.72. The van der Waals surface area contributed by atoms with Crippen molar-refractivity contribution in [3.8, 4) is 5.75 Å². The Morgan fingerprint density at radius 2 is 2.00 bits per heavy atom. The molecule has 19 heavy (non-hydrogen) atoms. The number of furan rings is 1. The molecule has 0 saturated heterocycles. The molecule has 0 bridgehead atoms. The summed E-state index contributed by atoms with van der Waals surface area (Å²) in [6.45, 7) is 6.48. The highest BCUT2D eigenvalue weighted by Gasteiger charge is 2.17. The number of halogens is 1. The lowest BCUT2D eigenvalue weighted by Crippen LogP contribution is -2.12. The van der Waals surface area contributed by atoms with Gasteiger partial charge in [0.1, 0.15) is 17.3 Å². The normalized spacial score (nSPS) is 12.5. The number of benzene rings is 1. The van der Waals surface area contributed by atoms with Gasteiger partial charge in [0.25, 0.3) is 0 Å². The van der Waals surface area contributed by atoms with Crippen molar-refractivity contribution in [2.75, 3.05) is 6.61 Å². The molecule has 0 amide bonds. The standard InChI is InChI=1S/C15H18BrNO2/c1-4-18-11-5-6-12(14(16)8-11)15(17)13-7-9(2)19-10(13)3/h5-8,15H,4,17H2,1-3H3. The van der Waals surface area contributed by atoms with Crippen LogP contribution < -0.4 is 10.5 Å². The SMILES string of the molecule is CCOc1ccc(C(N)c2cc(C)oc2C)c(Br)c1. The molecule has 2 N–H and O–H groups in total. The molecule has 0 spiro atoms. The van der Waals surface area contributed by atoms with E-state index >= 15 is 0 Å². The predicted octanol–water partition coefficient (Wildman–Crippen LogP) is 4.11. The molecule has 0 aliphatic heterocycles. The molecule has 2 aromatic rings. The molecule has 1 unspecified atom stereocenters. The van der Waals surface area contributed by atoms with Crippen LogP contribution >= 0.6 is 15.9 Å². The summed E-state index contributed by atoms with van der Waals surface area (Å²) in [7, 11) is 0. The zero-order valence-electron chi connectivity index (χ0n) is 11.4. The number of nitrogens with two attached hydrogens (primary N) is 1. The number of hydrogen-bond acceptors (Lipinski definition) is 3. The quantitative estimate of drug-likeness (QED) is 0.921. The zero-order valence-corrected chi connectivity index (χ0v) is 13.0. The highest BCUT2D eigenvalue weighted by Crippen LogP contribution is 2.32. The highest BCUT2D eigenvalue weighted by atomic mass is 79.9. The van der Waals surface area contributed by atoms with Crippen LogP contribution in [0.4, 0.5) is 0 Å². The van der Waals surface area contributed by atoms with Gasteiger partial charge in [0.2, 0.25) is 0 Å². The summed E-state index contributed by atoms with van der Waals surface area (Å²) in [4.78, 5) is 0. The molecule has 3 nitrogen and oxygen atoms in total. The molecule has 1 heterocycles. The van der Waals surface area contributed by atoms with Gasteiger partial charge in [0.15, 0.2) is 0 Å². The Bertz CT molecular complexity index is 578. The van der Waals surface area contributed by atoms with Crippen LogP contribution in [0.2, 0.25) is 0 Å². The van der Waals surface area contributed by atoms with E-state index in [1.54, 1.807) is 0 Å². The topological polar surface area (TPSA) is 48.4 Å². The van der Waals surface area contributed by atoms with E-state index in [1.165, 1.54) is 0 Å². The molecule has 0 fully saturated rings. The maximum Gasteiger partial charge on any atom is 0.120 e. The lowest BCUT2D eigenvalue weighted by atomic mass is 10.00. The summed E-state index contributed by atoms with van der Waals surface area (Å²) in [6, 6.07) is 7.65. The Hall–Kier alpha value is -1.26. The second-order valence-electron chi connectivity index (χ2n) is 4.46. The van der Waals surface area contributed by atoms with Gasteiger partial charge in [-0.1, -0.05) is 22.0 Å². The molecule has 0 aliphatic carbocycles. The molecule has 0 saturated carbocycles. The van der Waals surface area contributed by atoms with Crippen LogP contribution in [0.3, 0.4) is 0 Å². The van der Waals surface area contributed by atoms with E-state index in [0.29, 0.717) is 6.61 Å². The maximum atomic E-state index is 6.32. The van der Waals surface area contributed by atoms with E-state index in [2.05, 4.69) is 15.9 Å². The summed E-state index contributed by atoms with van der Waals surface area (Å²) in [5.41, 5.74) is 8.36. The second kappa shape index (κ2) is 5.80. The molecule has 4 heteroatoms. The summed E-state index contributed by atoms with van der Waals surface area (Å²) < 4.78 is 12.0. The van der Waals surface area contributed by atoms with Crippen molar-refractivity contribution in [3.63, 3.8) is 0 Å². The van der Waals surface area contributed by atoms with E-state index in [4.69, 9.17) is 14.9 Å². The minimum atomic E-state index is -0.206. The van der Waals surface area contributed by atoms with Crippen LogP contribution in [-0.2, 0) is 0 Å². The van der Waals surface area contributed by atoms with Crippen molar-refractivity contribution in [1.29, 1.82) is 0 Å². The minimum Gasteiger partial charge on any atom is -0.494 e. The Labute approximate surface area is 121 Å². The third kappa shape index (κ3) is 3.01. The van der Waals surface area contributed by atoms with Crippen LogP contribution in [0, 0.1) is 13.8 Å². The summed E-state index contributed by atoms with van der Waals surface area (Å²) >= 11 is 3.56. The first-order valence-electron chi connectivity index (χ1n) is 6.27. The van der Waals surface area contributed by atoms with Crippen molar-refractivity contribution < 1.29 is 9.15 Å². The van der Waals surface area contributed by atoms with Gasteiger partial charge in [0, 0.05) is 10.0 Å². The van der Waals surface area contributed by atoms with Gasteiger partial charge in [-0.25, -0.2) is 0 Å². The molecule has 1 aromatic carbocycles. The van der Waals surface area contributed by atoms with E-state index in [-0.39, 0.29) is 6.04 Å². The van der Waals surface area contributed by atoms with Crippen molar-refractivity contribution in [2.45, 2.75) is 26.8 Å². The largest absolute Gasteiger partial charge is 0.494 e. The number of ether oxygens (including phenoxy) is 1. The maximum absolute atomic E-state index is 6.32. The Kier molecular flexibility index (Phi) is 4.32. The first-order valence-corrected chi connectivity index (χ1v) is 7.07. The van der Waals surface area contributed by atoms with Gasteiger partial charge >= 0.3 is 0 Å². The monoisotopic (exact) mass is 323 g/mol. The van der Waals surface area contributed by atoms with E-state index in [1.807, 2.05) is 45.0 Å². The fourth-order valence-corrected chi connectivity index (χ4v) is 2.75. The molecule has 2 rings (SSSR count). The fraction of sp³-hybridized carbons (Fsp3) is 0.333. The van der Waals surface area contributed by atoms with E-state index in [0.717, 1.165) is 32.9 Å². The van der Waals surface area contributed by atoms with E-state index in [9.17, 15) is 0 Å². The molecular formula is C15H18BrNO2. The molecular weight excluding hydrogens is 306 g/mol. The minimum absolute atomic E-state index is 0.206. The fourth-order valence-electron chi connectivity index (χ4n) is 2.14. The van der Waals surface area contributed by atoms with Gasteiger partial charge in [-0.2, -0.15) is 0 Å². The van der Waals surface area contributed by atoms with Crippen molar-refractivity contribution in [1.82, 2.24) is 0 Å². The van der Waals surface area contributed by atoms with Gasteiger partial charge in [-0.3, -0.25) is 0 Å². The van der Waals surface area contributed by atoms with Gasteiger partial charge < -0.3 is 14.9 Å².